The van der Waals surface area contributed by atoms with Crippen molar-refractivity contribution in [2.45, 2.75) is 25.0 Å². The molecule has 0 amide bonds. The molecule has 2 aromatic heterocycles. The van der Waals surface area contributed by atoms with Crippen LogP contribution in [0, 0.1) is 0 Å². The number of aliphatic hydroxyl groups is 1. The fourth-order valence-electron chi connectivity index (χ4n) is 3.23. The van der Waals surface area contributed by atoms with Gasteiger partial charge in [-0.25, -0.2) is 9.67 Å². The first-order valence-electron chi connectivity index (χ1n) is 8.29. The molecule has 1 aromatic carbocycles. The maximum Gasteiger partial charge on any atom is 0.264 e. The van der Waals surface area contributed by atoms with Crippen LogP contribution in [0.1, 0.15) is 12.8 Å². The van der Waals surface area contributed by atoms with Gasteiger partial charge in [-0.3, -0.25) is 9.36 Å². The Hall–Kier alpha value is -1.93. The van der Waals surface area contributed by atoms with Crippen LogP contribution in [0.5, 0.6) is 0 Å². The molecule has 0 bridgehead atoms. The highest BCUT2D eigenvalue weighted by Gasteiger charge is 2.30. The quantitative estimate of drug-likeness (QED) is 0.710. The Kier molecular flexibility index (Phi) is 4.48. The summed E-state index contributed by atoms with van der Waals surface area (Å²) in [5, 5.41) is 19.4. The number of fused-ring (bicyclic) bond motifs is 1. The summed E-state index contributed by atoms with van der Waals surface area (Å²) < 4.78 is 3.00. The second-order valence-corrected chi connectivity index (χ2v) is 7.36. The van der Waals surface area contributed by atoms with Gasteiger partial charge < -0.3 is 10.4 Å². The first-order valence-corrected chi connectivity index (χ1v) is 9.04. The zero-order valence-electron chi connectivity index (χ0n) is 13.8. The van der Waals surface area contributed by atoms with E-state index in [2.05, 4.69) is 15.4 Å². The molecule has 26 heavy (non-hydrogen) atoms. The van der Waals surface area contributed by atoms with Gasteiger partial charge in [0.25, 0.3) is 5.56 Å². The zero-order valence-corrected chi connectivity index (χ0v) is 15.3. The summed E-state index contributed by atoms with van der Waals surface area (Å²) >= 11 is 12.0. The predicted molar refractivity (Wildman–Crippen MR) is 100 cm³/mol. The molecular weight excluding hydrogens is 377 g/mol. The third-order valence-electron chi connectivity index (χ3n) is 4.70. The third kappa shape index (κ3) is 3.12. The van der Waals surface area contributed by atoms with E-state index in [9.17, 15) is 9.90 Å². The van der Waals surface area contributed by atoms with Gasteiger partial charge >= 0.3 is 0 Å². The molecule has 7 nitrogen and oxygen atoms in total. The summed E-state index contributed by atoms with van der Waals surface area (Å²) in [5.74, 6) is 0. The number of piperidine rings is 1. The van der Waals surface area contributed by atoms with E-state index in [1.54, 1.807) is 22.9 Å². The Morgan fingerprint density at radius 2 is 2.00 bits per heavy atom. The maximum absolute atomic E-state index is 12.8. The number of nitrogens with zero attached hydrogens (tertiary/aromatic N) is 4. The number of hydrogen-bond donors (Lipinski definition) is 2. The first kappa shape index (κ1) is 17.5. The van der Waals surface area contributed by atoms with Crippen molar-refractivity contribution >= 4 is 34.2 Å². The molecular formula is C17H17Cl2N5O2. The monoisotopic (exact) mass is 393 g/mol. The first-order chi connectivity index (χ1) is 12.5. The van der Waals surface area contributed by atoms with Gasteiger partial charge in [0.2, 0.25) is 0 Å². The number of halogens is 2. The number of aromatic nitrogens is 4. The molecule has 3 aromatic rings. The van der Waals surface area contributed by atoms with Crippen LogP contribution >= 0.6 is 23.2 Å². The molecule has 0 aliphatic carbocycles. The van der Waals surface area contributed by atoms with Crippen LogP contribution in [0.4, 0.5) is 0 Å². The molecule has 4 rings (SSSR count). The molecule has 1 fully saturated rings. The molecule has 136 valence electrons. The fraction of sp³-hybridized carbons (Fsp3) is 0.353. The highest BCUT2D eigenvalue weighted by molar-refractivity contribution is 6.42. The molecule has 9 heteroatoms. The maximum atomic E-state index is 12.8. The molecule has 1 saturated heterocycles. The normalized spacial score (nSPS) is 16.9. The van der Waals surface area contributed by atoms with Crippen molar-refractivity contribution in [3.63, 3.8) is 0 Å². The highest BCUT2D eigenvalue weighted by atomic mass is 35.5. The number of benzene rings is 1. The van der Waals surface area contributed by atoms with E-state index < -0.39 is 5.60 Å². The summed E-state index contributed by atoms with van der Waals surface area (Å²) in [7, 11) is 0. The molecule has 3 heterocycles. The second kappa shape index (κ2) is 6.66. The lowest BCUT2D eigenvalue weighted by Gasteiger charge is -2.32. The summed E-state index contributed by atoms with van der Waals surface area (Å²) in [4.78, 5) is 17.2. The highest BCUT2D eigenvalue weighted by Crippen LogP contribution is 2.25. The lowest BCUT2D eigenvalue weighted by Crippen LogP contribution is -2.46. The molecule has 1 aliphatic heterocycles. The molecule has 0 radical (unpaired) electrons. The molecule has 0 saturated carbocycles. The minimum absolute atomic E-state index is 0.217. The van der Waals surface area contributed by atoms with Crippen LogP contribution in [0.25, 0.3) is 16.7 Å². The number of rotatable bonds is 3. The van der Waals surface area contributed by atoms with Gasteiger partial charge in [-0.05, 0) is 44.1 Å². The molecule has 0 atom stereocenters. The number of hydrogen-bond acceptors (Lipinski definition) is 5. The Bertz CT molecular complexity index is 1020. The van der Waals surface area contributed by atoms with Gasteiger partial charge in [0, 0.05) is 0 Å². The minimum Gasteiger partial charge on any atom is -0.388 e. The van der Waals surface area contributed by atoms with Gasteiger partial charge in [0.1, 0.15) is 11.7 Å². The summed E-state index contributed by atoms with van der Waals surface area (Å²) in [6.45, 7) is 1.68. The predicted octanol–water partition coefficient (Wildman–Crippen LogP) is 2.00. The van der Waals surface area contributed by atoms with Crippen LogP contribution in [0.3, 0.4) is 0 Å². The molecule has 1 aliphatic rings. The standard InChI is InChI=1S/C17H17Cl2N5O2/c18-13-2-1-11(7-14(13)19)24-15-12(8-22-24)16(25)23(10-21-15)9-17(26)3-5-20-6-4-17/h1-2,7-8,10,20,26H,3-6,9H2. The van der Waals surface area contributed by atoms with E-state index in [1.807, 2.05) is 0 Å². The van der Waals surface area contributed by atoms with E-state index in [4.69, 9.17) is 23.2 Å². The summed E-state index contributed by atoms with van der Waals surface area (Å²) in [5.41, 5.74) is -0.0318. The Balaban J connectivity index is 1.73. The van der Waals surface area contributed by atoms with Crippen LogP contribution < -0.4 is 10.9 Å². The van der Waals surface area contributed by atoms with E-state index in [0.717, 1.165) is 13.1 Å². The van der Waals surface area contributed by atoms with Crippen LogP contribution in [-0.4, -0.2) is 43.1 Å². The second-order valence-electron chi connectivity index (χ2n) is 6.54. The molecule has 0 unspecified atom stereocenters. The largest absolute Gasteiger partial charge is 0.388 e. The summed E-state index contributed by atoms with van der Waals surface area (Å²) in [6.07, 6.45) is 4.14. The third-order valence-corrected chi connectivity index (χ3v) is 5.44. The van der Waals surface area contributed by atoms with E-state index in [0.29, 0.717) is 39.6 Å². The average molecular weight is 394 g/mol. The number of nitrogens with one attached hydrogen (secondary N) is 1. The van der Waals surface area contributed by atoms with Crippen molar-refractivity contribution in [2.24, 2.45) is 0 Å². The van der Waals surface area contributed by atoms with Gasteiger partial charge in [-0.2, -0.15) is 5.10 Å². The zero-order chi connectivity index (χ0) is 18.3. The van der Waals surface area contributed by atoms with Crippen molar-refractivity contribution in [3.05, 3.63) is 51.1 Å². The lowest BCUT2D eigenvalue weighted by atomic mass is 9.92. The van der Waals surface area contributed by atoms with Gasteiger partial charge in [0.05, 0.1) is 34.1 Å². The van der Waals surface area contributed by atoms with E-state index in [1.165, 1.54) is 17.1 Å². The molecule has 0 spiro atoms. The Morgan fingerprint density at radius 3 is 2.73 bits per heavy atom. The lowest BCUT2D eigenvalue weighted by molar-refractivity contribution is -0.00627. The van der Waals surface area contributed by atoms with E-state index >= 15 is 0 Å². The Morgan fingerprint density at radius 1 is 1.23 bits per heavy atom. The van der Waals surface area contributed by atoms with Gasteiger partial charge in [-0.15, -0.1) is 0 Å². The topological polar surface area (TPSA) is 85.0 Å². The SMILES string of the molecule is O=c1c2cnn(-c3ccc(Cl)c(Cl)c3)c2ncn1CC1(O)CCNCC1. The fourth-order valence-corrected chi connectivity index (χ4v) is 3.53. The Labute approximate surface area is 159 Å². The van der Waals surface area contributed by atoms with Crippen molar-refractivity contribution in [3.8, 4) is 5.69 Å². The van der Waals surface area contributed by atoms with Crippen LogP contribution in [0.2, 0.25) is 10.0 Å². The smallest absolute Gasteiger partial charge is 0.264 e. The van der Waals surface area contributed by atoms with Crippen molar-refractivity contribution in [2.75, 3.05) is 13.1 Å². The van der Waals surface area contributed by atoms with E-state index in [-0.39, 0.29) is 12.1 Å². The molecule has 2 N–H and O–H groups in total. The van der Waals surface area contributed by atoms with Gasteiger partial charge in [-0.1, -0.05) is 23.2 Å². The van der Waals surface area contributed by atoms with Crippen molar-refractivity contribution in [1.82, 2.24) is 24.6 Å². The summed E-state index contributed by atoms with van der Waals surface area (Å²) in [6, 6.07) is 5.09. The van der Waals surface area contributed by atoms with Crippen molar-refractivity contribution < 1.29 is 5.11 Å². The average Bonchev–Trinajstić information content (AvgIpc) is 3.05. The van der Waals surface area contributed by atoms with Gasteiger partial charge in [0.15, 0.2) is 5.65 Å². The van der Waals surface area contributed by atoms with Crippen LogP contribution in [-0.2, 0) is 6.54 Å². The minimum atomic E-state index is -0.899. The van der Waals surface area contributed by atoms with Crippen LogP contribution in [0.15, 0.2) is 35.5 Å². The van der Waals surface area contributed by atoms with Crippen molar-refractivity contribution in [1.29, 1.82) is 0 Å².